The number of carbonyl (C=O) groups is 1. The summed E-state index contributed by atoms with van der Waals surface area (Å²) in [6.07, 6.45) is 1.41. The number of nitrogens with zero attached hydrogens (tertiary/aromatic N) is 1. The van der Waals surface area contributed by atoms with Crippen LogP contribution in [-0.4, -0.2) is 18.5 Å². The summed E-state index contributed by atoms with van der Waals surface area (Å²) >= 11 is 0. The number of hydrogen-bond acceptors (Lipinski definition) is 3. The molecule has 2 unspecified atom stereocenters. The number of nitriles is 1. The van der Waals surface area contributed by atoms with E-state index in [0.717, 1.165) is 12.8 Å². The number of ketones is 1. The van der Waals surface area contributed by atoms with Gasteiger partial charge in [0.05, 0.1) is 6.07 Å². The van der Waals surface area contributed by atoms with Gasteiger partial charge in [-0.25, -0.2) is 0 Å². The van der Waals surface area contributed by atoms with Gasteiger partial charge in [-0.3, -0.25) is 4.79 Å². The fourth-order valence-electron chi connectivity index (χ4n) is 1.54. The average molecular weight is 181 g/mol. The van der Waals surface area contributed by atoms with Gasteiger partial charge in [0.1, 0.15) is 12.0 Å². The highest BCUT2D eigenvalue weighted by Gasteiger charge is 2.31. The van der Waals surface area contributed by atoms with Gasteiger partial charge in [-0.1, -0.05) is 13.8 Å². The number of hydrogen-bond donors (Lipinski definition) is 0. The van der Waals surface area contributed by atoms with E-state index in [1.165, 1.54) is 0 Å². The van der Waals surface area contributed by atoms with Crippen molar-refractivity contribution in [2.24, 2.45) is 11.8 Å². The molecule has 0 amide bonds. The molecule has 1 fully saturated rings. The summed E-state index contributed by atoms with van der Waals surface area (Å²) in [6.45, 7) is 4.44. The van der Waals surface area contributed by atoms with Crippen LogP contribution in [-0.2, 0) is 9.53 Å². The molecular formula is C10H15NO2. The molecule has 0 radical (unpaired) electrons. The summed E-state index contributed by atoms with van der Waals surface area (Å²) in [7, 11) is 0. The van der Waals surface area contributed by atoms with Gasteiger partial charge in [0.15, 0.2) is 5.78 Å². The van der Waals surface area contributed by atoms with Crippen LogP contribution in [0.5, 0.6) is 0 Å². The fourth-order valence-corrected chi connectivity index (χ4v) is 1.54. The summed E-state index contributed by atoms with van der Waals surface area (Å²) in [6, 6.07) is 2.05. The second kappa shape index (κ2) is 4.38. The first-order valence-corrected chi connectivity index (χ1v) is 4.71. The summed E-state index contributed by atoms with van der Waals surface area (Å²) < 4.78 is 5.25. The lowest BCUT2D eigenvalue weighted by atomic mass is 9.89. The molecule has 0 bridgehead atoms. The summed E-state index contributed by atoms with van der Waals surface area (Å²) in [5, 5.41) is 8.80. The molecule has 0 N–H and O–H groups in total. The highest BCUT2D eigenvalue weighted by molar-refractivity contribution is 5.87. The maximum Gasteiger partial charge on any atom is 0.178 e. The largest absolute Gasteiger partial charge is 0.370 e. The van der Waals surface area contributed by atoms with Crippen molar-refractivity contribution >= 4 is 5.78 Å². The van der Waals surface area contributed by atoms with E-state index in [4.69, 9.17) is 10.00 Å². The van der Waals surface area contributed by atoms with Crippen LogP contribution in [0.15, 0.2) is 0 Å². The number of Topliss-reactive ketones (excluding diaryl/α,β-unsaturated/α-hetero) is 1. The Hall–Kier alpha value is -0.880. The Kier molecular flexibility index (Phi) is 3.44. The molecule has 0 aliphatic carbocycles. The Balaban J connectivity index is 2.59. The smallest absolute Gasteiger partial charge is 0.178 e. The second-order valence-electron chi connectivity index (χ2n) is 3.75. The molecule has 0 aromatic carbocycles. The molecule has 2 atom stereocenters. The molecule has 0 saturated carbocycles. The maximum atomic E-state index is 11.7. The molecule has 1 rings (SSSR count). The zero-order valence-corrected chi connectivity index (χ0v) is 8.12. The molecule has 1 heterocycles. The first-order chi connectivity index (χ1) is 6.16. The molecule has 0 aromatic rings. The predicted molar refractivity (Wildman–Crippen MR) is 47.9 cm³/mol. The number of ether oxygens (including phenoxy) is 1. The topological polar surface area (TPSA) is 50.1 Å². The van der Waals surface area contributed by atoms with Crippen LogP contribution >= 0.6 is 0 Å². The van der Waals surface area contributed by atoms with Crippen molar-refractivity contribution in [1.82, 2.24) is 0 Å². The van der Waals surface area contributed by atoms with Gasteiger partial charge >= 0.3 is 0 Å². The van der Waals surface area contributed by atoms with Gasteiger partial charge in [0.2, 0.25) is 0 Å². The zero-order chi connectivity index (χ0) is 9.84. The highest BCUT2D eigenvalue weighted by atomic mass is 16.5. The standard InChI is InChI=1S/C10H15NO2/c1-7(2)8(6-11)10(12)9-4-3-5-13-9/h7-9H,3-5H2,1-2H3. The van der Waals surface area contributed by atoms with E-state index in [9.17, 15) is 4.79 Å². The molecule has 1 saturated heterocycles. The van der Waals surface area contributed by atoms with Crippen LogP contribution < -0.4 is 0 Å². The molecular weight excluding hydrogens is 166 g/mol. The van der Waals surface area contributed by atoms with E-state index < -0.39 is 5.92 Å². The Morgan fingerprint density at radius 3 is 2.69 bits per heavy atom. The van der Waals surface area contributed by atoms with Crippen LogP contribution in [0.1, 0.15) is 26.7 Å². The van der Waals surface area contributed by atoms with Crippen molar-refractivity contribution < 1.29 is 9.53 Å². The Morgan fingerprint density at radius 2 is 2.31 bits per heavy atom. The minimum absolute atomic E-state index is 0.0324. The lowest BCUT2D eigenvalue weighted by Gasteiger charge is -2.15. The highest BCUT2D eigenvalue weighted by Crippen LogP contribution is 2.20. The molecule has 3 heteroatoms. The monoisotopic (exact) mass is 181 g/mol. The molecule has 72 valence electrons. The molecule has 1 aliphatic heterocycles. The minimum atomic E-state index is -0.497. The fraction of sp³-hybridized carbons (Fsp3) is 0.800. The van der Waals surface area contributed by atoms with Crippen molar-refractivity contribution in [2.45, 2.75) is 32.8 Å². The van der Waals surface area contributed by atoms with Crippen LogP contribution in [0.2, 0.25) is 0 Å². The van der Waals surface area contributed by atoms with Gasteiger partial charge in [0, 0.05) is 6.61 Å². The molecule has 13 heavy (non-hydrogen) atoms. The molecule has 0 spiro atoms. The minimum Gasteiger partial charge on any atom is -0.370 e. The Labute approximate surface area is 78.7 Å². The van der Waals surface area contributed by atoms with E-state index >= 15 is 0 Å². The third-order valence-electron chi connectivity index (χ3n) is 2.36. The van der Waals surface area contributed by atoms with Crippen molar-refractivity contribution in [2.75, 3.05) is 6.61 Å². The summed E-state index contributed by atoms with van der Waals surface area (Å²) in [4.78, 5) is 11.7. The van der Waals surface area contributed by atoms with Crippen LogP contribution in [0.25, 0.3) is 0 Å². The lowest BCUT2D eigenvalue weighted by molar-refractivity contribution is -0.131. The van der Waals surface area contributed by atoms with E-state index in [1.54, 1.807) is 0 Å². The van der Waals surface area contributed by atoms with Crippen molar-refractivity contribution in [3.63, 3.8) is 0 Å². The molecule has 1 aliphatic rings. The predicted octanol–water partition coefficient (Wildman–Crippen LogP) is 1.53. The lowest BCUT2D eigenvalue weighted by Crippen LogP contribution is -2.29. The summed E-state index contributed by atoms with van der Waals surface area (Å²) in [5.74, 6) is -0.445. The van der Waals surface area contributed by atoms with Crippen LogP contribution in [0, 0.1) is 23.2 Å². The van der Waals surface area contributed by atoms with Gasteiger partial charge in [-0.2, -0.15) is 5.26 Å². The number of carbonyl (C=O) groups excluding carboxylic acids is 1. The SMILES string of the molecule is CC(C)C(C#N)C(=O)C1CCCO1. The van der Waals surface area contributed by atoms with E-state index in [1.807, 2.05) is 19.9 Å². The summed E-state index contributed by atoms with van der Waals surface area (Å²) in [5.41, 5.74) is 0. The maximum absolute atomic E-state index is 11.7. The van der Waals surface area contributed by atoms with Crippen LogP contribution in [0.4, 0.5) is 0 Å². The third-order valence-corrected chi connectivity index (χ3v) is 2.36. The Morgan fingerprint density at radius 1 is 1.62 bits per heavy atom. The van der Waals surface area contributed by atoms with E-state index in [-0.39, 0.29) is 17.8 Å². The average Bonchev–Trinajstić information content (AvgIpc) is 2.56. The van der Waals surface area contributed by atoms with E-state index in [0.29, 0.717) is 6.61 Å². The van der Waals surface area contributed by atoms with Gasteiger partial charge < -0.3 is 4.74 Å². The molecule has 0 aromatic heterocycles. The van der Waals surface area contributed by atoms with Gasteiger partial charge in [-0.15, -0.1) is 0 Å². The molecule has 3 nitrogen and oxygen atoms in total. The number of rotatable bonds is 3. The van der Waals surface area contributed by atoms with Gasteiger partial charge in [0.25, 0.3) is 0 Å². The van der Waals surface area contributed by atoms with Crippen LogP contribution in [0.3, 0.4) is 0 Å². The van der Waals surface area contributed by atoms with Crippen molar-refractivity contribution in [3.8, 4) is 6.07 Å². The van der Waals surface area contributed by atoms with Crippen molar-refractivity contribution in [3.05, 3.63) is 0 Å². The quantitative estimate of drug-likeness (QED) is 0.663. The zero-order valence-electron chi connectivity index (χ0n) is 8.12. The first-order valence-electron chi connectivity index (χ1n) is 4.71. The van der Waals surface area contributed by atoms with E-state index in [2.05, 4.69) is 0 Å². The Bertz CT molecular complexity index is 224. The van der Waals surface area contributed by atoms with Gasteiger partial charge in [-0.05, 0) is 18.8 Å². The normalized spacial score (nSPS) is 24.3. The first kappa shape index (κ1) is 10.2. The third kappa shape index (κ3) is 2.28. The second-order valence-corrected chi connectivity index (χ2v) is 3.75. The van der Waals surface area contributed by atoms with Crippen molar-refractivity contribution in [1.29, 1.82) is 5.26 Å².